The van der Waals surface area contributed by atoms with Gasteiger partial charge in [0.25, 0.3) is 11.8 Å². The molecule has 5 amide bonds. The number of β-lactam (4-membered cyclic amide) rings is 1. The largest absolute Gasteiger partial charge is 1.00 e. The van der Waals surface area contributed by atoms with Crippen molar-refractivity contribution in [1.29, 1.82) is 0 Å². The predicted molar refractivity (Wildman–Crippen MR) is 125 cm³/mol. The average Bonchev–Trinajstić information content (AvgIpc) is 3.21. The molecule has 0 aromatic carbocycles. The number of allylic oxidation sites excluding steroid dienone is 2. The Labute approximate surface area is 239 Å². The second kappa shape index (κ2) is 12.1. The van der Waals surface area contributed by atoms with E-state index in [9.17, 15) is 36.9 Å². The Hall–Kier alpha value is -2.14. The van der Waals surface area contributed by atoms with Gasteiger partial charge >= 0.3 is 35.6 Å². The molecule has 0 aliphatic carbocycles. The minimum absolute atomic E-state index is 0. The summed E-state index contributed by atoms with van der Waals surface area (Å²) in [7, 11) is -3.96. The predicted octanol–water partition coefficient (Wildman–Crippen LogP) is -2.64. The van der Waals surface area contributed by atoms with Gasteiger partial charge in [-0.1, -0.05) is 11.6 Å². The molecular weight excluding hydrogens is 539 g/mol. The zero-order valence-electron chi connectivity index (χ0n) is 20.7. The van der Waals surface area contributed by atoms with Gasteiger partial charge in [-0.15, -0.1) is 11.3 Å². The van der Waals surface area contributed by atoms with E-state index < -0.39 is 58.0 Å². The van der Waals surface area contributed by atoms with Crippen molar-refractivity contribution in [2.24, 2.45) is 5.92 Å². The van der Waals surface area contributed by atoms with Gasteiger partial charge in [0, 0.05) is 24.4 Å². The normalized spacial score (nSPS) is 21.6. The maximum absolute atomic E-state index is 12.7. The topological polar surface area (TPSA) is 182 Å². The molecule has 3 heterocycles. The van der Waals surface area contributed by atoms with Crippen molar-refractivity contribution in [1.82, 2.24) is 14.5 Å². The van der Waals surface area contributed by atoms with Crippen LogP contribution >= 0.6 is 11.3 Å². The Morgan fingerprint density at radius 2 is 1.97 bits per heavy atom. The van der Waals surface area contributed by atoms with E-state index in [1.807, 2.05) is 19.9 Å². The molecule has 2 saturated heterocycles. The summed E-state index contributed by atoms with van der Waals surface area (Å²) in [6.07, 6.45) is 2.31. The zero-order valence-corrected chi connectivity index (χ0v) is 24.4. The molecule has 13 nitrogen and oxygen atoms in total. The maximum Gasteiger partial charge on any atom is 1.00 e. The van der Waals surface area contributed by atoms with Crippen molar-refractivity contribution in [3.63, 3.8) is 0 Å². The van der Waals surface area contributed by atoms with E-state index in [2.05, 4.69) is 10.6 Å². The van der Waals surface area contributed by atoms with Crippen LogP contribution in [0.3, 0.4) is 0 Å². The van der Waals surface area contributed by atoms with Crippen LogP contribution in [-0.4, -0.2) is 77.6 Å². The number of likely N-dealkylation sites (tertiary alicyclic amines) is 1. The van der Waals surface area contributed by atoms with E-state index in [4.69, 9.17) is 4.74 Å². The smallest absolute Gasteiger partial charge is 0.731 e. The van der Waals surface area contributed by atoms with Crippen LogP contribution in [-0.2, 0) is 40.6 Å². The Morgan fingerprint density at radius 1 is 1.30 bits per heavy atom. The monoisotopic (exact) mass is 564 g/mol. The first-order chi connectivity index (χ1) is 16.8. The third-order valence-corrected chi connectivity index (χ3v) is 7.55. The molecule has 2 aliphatic rings. The molecule has 2 unspecified atom stereocenters. The van der Waals surface area contributed by atoms with Crippen molar-refractivity contribution in [2.45, 2.75) is 38.8 Å². The molecule has 1 aromatic rings. The standard InChI is InChI=1S/C21H26N4O9S2.Na/c1-12(2)4-5-13-6-8-24(18(28)17(13)27)20(30)22-14-7-9-35-15(14)10-16(26)23-21(34-3)11-25(19(21)29)36(31,32)33;/h4,7,9,13H,5-6,8,10-11H2,1-3H3,(H,22,30)(H,23,26)(H,31,32,33);/q;+1/p-1. The molecule has 2 N–H and O–H groups in total. The first kappa shape index (κ1) is 31.1. The second-order valence-corrected chi connectivity index (χ2v) is 10.8. The number of urea groups is 1. The van der Waals surface area contributed by atoms with E-state index >= 15 is 0 Å². The molecule has 196 valence electrons. The number of nitrogens with one attached hydrogen (secondary N) is 2. The van der Waals surface area contributed by atoms with Gasteiger partial charge in [-0.2, -0.15) is 0 Å². The van der Waals surface area contributed by atoms with Gasteiger partial charge in [0.1, 0.15) is 0 Å². The van der Waals surface area contributed by atoms with E-state index in [0.29, 0.717) is 17.7 Å². The number of hydrogen-bond donors (Lipinski definition) is 2. The number of nitrogens with zero attached hydrogens (tertiary/aromatic N) is 2. The minimum Gasteiger partial charge on any atom is -0.731 e. The summed E-state index contributed by atoms with van der Waals surface area (Å²) in [5.74, 6) is -3.97. The van der Waals surface area contributed by atoms with Gasteiger partial charge in [-0.25, -0.2) is 17.5 Å². The number of ether oxygens (including phenoxy) is 1. The number of methoxy groups -OCH3 is 1. The fourth-order valence-corrected chi connectivity index (χ4v) is 5.26. The van der Waals surface area contributed by atoms with Crippen LogP contribution in [0.4, 0.5) is 10.5 Å². The van der Waals surface area contributed by atoms with Crippen LogP contribution in [0.1, 0.15) is 31.6 Å². The third-order valence-electron chi connectivity index (χ3n) is 5.79. The first-order valence-corrected chi connectivity index (χ1v) is 13.0. The van der Waals surface area contributed by atoms with Crippen LogP contribution in [0.15, 0.2) is 23.1 Å². The van der Waals surface area contributed by atoms with Crippen LogP contribution in [0.2, 0.25) is 0 Å². The molecule has 1 aromatic heterocycles. The Bertz CT molecular complexity index is 1240. The van der Waals surface area contributed by atoms with Crippen LogP contribution in [0.25, 0.3) is 0 Å². The van der Waals surface area contributed by atoms with Crippen molar-refractivity contribution >= 4 is 56.9 Å². The number of anilines is 1. The number of rotatable bonds is 8. The summed E-state index contributed by atoms with van der Waals surface area (Å²) in [5, 5.41) is 6.39. The number of ketones is 1. The van der Waals surface area contributed by atoms with Gasteiger partial charge in [0.15, 0.2) is 10.3 Å². The Kier molecular flexibility index (Phi) is 10.2. The molecule has 3 rings (SSSR count). The van der Waals surface area contributed by atoms with Crippen molar-refractivity contribution < 1.29 is 71.2 Å². The number of amides is 5. The summed E-state index contributed by atoms with van der Waals surface area (Å²) in [5.41, 5.74) is -0.741. The Morgan fingerprint density at radius 3 is 2.54 bits per heavy atom. The fourth-order valence-electron chi connectivity index (χ4n) is 3.74. The third kappa shape index (κ3) is 6.85. The first-order valence-electron chi connectivity index (χ1n) is 10.8. The van der Waals surface area contributed by atoms with Gasteiger partial charge in [0.05, 0.1) is 18.7 Å². The molecule has 37 heavy (non-hydrogen) atoms. The van der Waals surface area contributed by atoms with Gasteiger partial charge in [-0.3, -0.25) is 24.1 Å². The van der Waals surface area contributed by atoms with E-state index in [-0.39, 0.29) is 52.5 Å². The zero-order chi connectivity index (χ0) is 26.8. The quantitative estimate of drug-likeness (QED) is 0.0851. The van der Waals surface area contributed by atoms with Crippen molar-refractivity contribution in [2.75, 3.05) is 25.5 Å². The summed E-state index contributed by atoms with van der Waals surface area (Å²) in [4.78, 5) is 63.5. The molecule has 0 spiro atoms. The van der Waals surface area contributed by atoms with Crippen LogP contribution in [0, 0.1) is 5.92 Å². The minimum atomic E-state index is -5.03. The van der Waals surface area contributed by atoms with E-state index in [1.165, 1.54) is 6.07 Å². The molecule has 0 bridgehead atoms. The second-order valence-electron chi connectivity index (χ2n) is 8.54. The van der Waals surface area contributed by atoms with Crippen molar-refractivity contribution in [3.05, 3.63) is 28.0 Å². The average molecular weight is 565 g/mol. The molecule has 0 radical (unpaired) electrons. The number of Topliss-reactive ketones (excluding diaryl/α,β-unsaturated/α-hetero) is 1. The molecule has 2 atom stereocenters. The molecule has 0 saturated carbocycles. The molecule has 16 heteroatoms. The fraction of sp³-hybridized carbons (Fsp3) is 0.476. The molecular formula is C21H25N4NaO9S2. The number of thiophene rings is 1. The van der Waals surface area contributed by atoms with Gasteiger partial charge in [-0.05, 0) is 38.1 Å². The molecule has 2 aliphatic heterocycles. The number of hydrogen-bond acceptors (Lipinski definition) is 10. The van der Waals surface area contributed by atoms with Crippen LogP contribution < -0.4 is 40.2 Å². The number of carbonyl (C=O) groups excluding carboxylic acids is 5. The number of carbonyl (C=O) groups is 5. The summed E-state index contributed by atoms with van der Waals surface area (Å²) in [6.45, 7) is 3.17. The van der Waals surface area contributed by atoms with Crippen molar-refractivity contribution in [3.8, 4) is 0 Å². The van der Waals surface area contributed by atoms with E-state index in [0.717, 1.165) is 28.9 Å². The maximum atomic E-state index is 12.7. The number of imide groups is 1. The van der Waals surface area contributed by atoms with Gasteiger partial charge < -0.3 is 19.9 Å². The van der Waals surface area contributed by atoms with Crippen LogP contribution in [0.5, 0.6) is 0 Å². The van der Waals surface area contributed by atoms with Gasteiger partial charge in [0.2, 0.25) is 17.4 Å². The summed E-state index contributed by atoms with van der Waals surface area (Å²) >= 11 is 1.11. The Balaban J connectivity index is 0.00000481. The number of piperidine rings is 1. The SMILES string of the molecule is COC1(NC(=O)Cc2sccc2NC(=O)N2CCC(CC=C(C)C)C(=O)C2=O)CN(S(=O)(=O)[O-])C1=O.[Na+]. The summed E-state index contributed by atoms with van der Waals surface area (Å²) in [6, 6.07) is 0.693. The van der Waals surface area contributed by atoms with E-state index in [1.54, 1.807) is 5.38 Å². The summed E-state index contributed by atoms with van der Waals surface area (Å²) < 4.78 is 38.2. The molecule has 2 fully saturated rings.